The van der Waals surface area contributed by atoms with Gasteiger partial charge in [-0.05, 0) is 57.0 Å². The summed E-state index contributed by atoms with van der Waals surface area (Å²) in [6, 6.07) is 7.41. The molecule has 4 nitrogen and oxygen atoms in total. The average molecular weight is 294 g/mol. The number of phenolic OH excluding ortho intramolecular Hbond substituents is 1. The maximum atomic E-state index is 9.69. The molecule has 21 heavy (non-hydrogen) atoms. The van der Waals surface area contributed by atoms with Gasteiger partial charge < -0.3 is 20.8 Å². The maximum Gasteiger partial charge on any atom is 0.115 e. The summed E-state index contributed by atoms with van der Waals surface area (Å²) < 4.78 is 0. The Hall–Kier alpha value is -1.10. The van der Waals surface area contributed by atoms with Crippen molar-refractivity contribution in [1.82, 2.24) is 10.6 Å². The van der Waals surface area contributed by atoms with Crippen molar-refractivity contribution in [2.75, 3.05) is 19.6 Å². The van der Waals surface area contributed by atoms with Crippen molar-refractivity contribution >= 4 is 0 Å². The number of piperidine rings is 1. The molecule has 120 valence electrons. The molecule has 4 heteroatoms. The second-order valence-corrected chi connectivity index (χ2v) is 5.66. The van der Waals surface area contributed by atoms with E-state index >= 15 is 0 Å². The molecule has 0 radical (unpaired) electrons. The lowest BCUT2D eigenvalue weighted by atomic mass is 10.1. The lowest BCUT2D eigenvalue weighted by Crippen LogP contribution is -2.30. The number of aliphatic hydroxyl groups excluding tert-OH is 1. The largest absolute Gasteiger partial charge is 0.508 e. The molecule has 1 heterocycles. The van der Waals surface area contributed by atoms with Crippen LogP contribution in [0.4, 0.5) is 0 Å². The quantitative estimate of drug-likeness (QED) is 0.630. The Kier molecular flexibility index (Phi) is 9.06. The number of hydrogen-bond donors (Lipinski definition) is 4. The first-order valence-corrected chi connectivity index (χ1v) is 8.04. The van der Waals surface area contributed by atoms with E-state index in [0.29, 0.717) is 6.54 Å². The van der Waals surface area contributed by atoms with Crippen molar-refractivity contribution in [2.24, 2.45) is 0 Å². The third-order valence-electron chi connectivity index (χ3n) is 3.60. The summed E-state index contributed by atoms with van der Waals surface area (Å²) in [5, 5.41) is 25.3. The predicted octanol–water partition coefficient (Wildman–Crippen LogP) is 2.57. The fourth-order valence-corrected chi connectivity index (χ4v) is 2.26. The fraction of sp³-hybridized carbons (Fsp3) is 0.647. The minimum atomic E-state index is -0.498. The third kappa shape index (κ3) is 8.05. The van der Waals surface area contributed by atoms with E-state index in [9.17, 15) is 5.11 Å². The highest BCUT2D eigenvalue weighted by molar-refractivity contribution is 5.27. The van der Waals surface area contributed by atoms with Crippen LogP contribution >= 0.6 is 0 Å². The smallest absolute Gasteiger partial charge is 0.115 e. The monoisotopic (exact) mass is 294 g/mol. The number of hydrogen-bond acceptors (Lipinski definition) is 4. The van der Waals surface area contributed by atoms with E-state index in [1.54, 1.807) is 24.3 Å². The molecule has 0 bridgehead atoms. The van der Waals surface area contributed by atoms with Gasteiger partial charge in [0.15, 0.2) is 0 Å². The number of nitrogens with one attached hydrogen (secondary N) is 2. The molecule has 1 aliphatic heterocycles. The molecular formula is C17H30N2O2. The van der Waals surface area contributed by atoms with Crippen LogP contribution in [0.2, 0.25) is 0 Å². The van der Waals surface area contributed by atoms with E-state index in [1.807, 2.05) is 0 Å². The summed E-state index contributed by atoms with van der Waals surface area (Å²) in [6.45, 7) is 7.04. The van der Waals surface area contributed by atoms with Crippen LogP contribution in [0.1, 0.15) is 51.2 Å². The van der Waals surface area contributed by atoms with Gasteiger partial charge in [-0.1, -0.05) is 25.5 Å². The highest BCUT2D eigenvalue weighted by Crippen LogP contribution is 2.15. The maximum absolute atomic E-state index is 9.69. The Bertz CT molecular complexity index is 362. The molecule has 1 aromatic carbocycles. The summed E-state index contributed by atoms with van der Waals surface area (Å²) in [5.74, 6) is 0.225. The van der Waals surface area contributed by atoms with Gasteiger partial charge in [0, 0.05) is 12.6 Å². The second-order valence-electron chi connectivity index (χ2n) is 5.66. The average Bonchev–Trinajstić information content (AvgIpc) is 2.49. The van der Waals surface area contributed by atoms with E-state index < -0.39 is 6.10 Å². The summed E-state index contributed by atoms with van der Waals surface area (Å²) >= 11 is 0. The van der Waals surface area contributed by atoms with E-state index in [4.69, 9.17) is 5.11 Å². The van der Waals surface area contributed by atoms with Gasteiger partial charge in [-0.3, -0.25) is 0 Å². The third-order valence-corrected chi connectivity index (χ3v) is 3.60. The fourth-order valence-electron chi connectivity index (χ4n) is 2.26. The van der Waals surface area contributed by atoms with Gasteiger partial charge in [0.1, 0.15) is 5.75 Å². The van der Waals surface area contributed by atoms with Gasteiger partial charge in [-0.25, -0.2) is 0 Å². The van der Waals surface area contributed by atoms with Gasteiger partial charge in [0.05, 0.1) is 6.10 Å². The predicted molar refractivity (Wildman–Crippen MR) is 87.5 cm³/mol. The van der Waals surface area contributed by atoms with E-state index in [0.717, 1.165) is 24.6 Å². The van der Waals surface area contributed by atoms with Crippen molar-refractivity contribution < 1.29 is 10.2 Å². The number of phenols is 1. The summed E-state index contributed by atoms with van der Waals surface area (Å²) in [6.07, 6.45) is 4.74. The molecule has 0 aromatic heterocycles. The van der Waals surface area contributed by atoms with E-state index in [1.165, 1.54) is 25.8 Å². The zero-order chi connectivity index (χ0) is 15.5. The van der Waals surface area contributed by atoms with Crippen LogP contribution in [0.5, 0.6) is 5.75 Å². The number of aromatic hydroxyl groups is 1. The standard InChI is InChI=1S/C11H17NO2.C6H13N/c1-2-7-12-8-11(14)9-3-5-10(13)6-4-9;1-6-4-2-3-5-7-6/h3-6,11-14H,2,7-8H2,1H3;6-7H,2-5H2,1H3. The lowest BCUT2D eigenvalue weighted by molar-refractivity contribution is 0.175. The molecule has 2 unspecified atom stereocenters. The first kappa shape index (κ1) is 18.0. The SMILES string of the molecule is CC1CCCCN1.CCCNCC(O)c1ccc(O)cc1. The van der Waals surface area contributed by atoms with Gasteiger partial charge in [-0.2, -0.15) is 0 Å². The summed E-state index contributed by atoms with van der Waals surface area (Å²) in [4.78, 5) is 0. The molecule has 1 aliphatic rings. The minimum Gasteiger partial charge on any atom is -0.508 e. The minimum absolute atomic E-state index is 0.225. The van der Waals surface area contributed by atoms with Crippen LogP contribution in [0.15, 0.2) is 24.3 Å². The first-order chi connectivity index (χ1) is 10.1. The van der Waals surface area contributed by atoms with Crippen LogP contribution in [0.25, 0.3) is 0 Å². The Balaban J connectivity index is 0.000000262. The van der Waals surface area contributed by atoms with Crippen LogP contribution in [-0.4, -0.2) is 35.9 Å². The molecule has 2 atom stereocenters. The molecular weight excluding hydrogens is 264 g/mol. The van der Waals surface area contributed by atoms with Gasteiger partial charge in [-0.15, -0.1) is 0 Å². The Labute approximate surface area is 128 Å². The van der Waals surface area contributed by atoms with Crippen molar-refractivity contribution in [2.45, 2.75) is 51.7 Å². The molecule has 1 saturated heterocycles. The van der Waals surface area contributed by atoms with Crippen molar-refractivity contribution in [3.63, 3.8) is 0 Å². The number of rotatable bonds is 5. The van der Waals surface area contributed by atoms with Crippen molar-refractivity contribution in [3.8, 4) is 5.75 Å². The number of aliphatic hydroxyl groups is 1. The molecule has 0 aliphatic carbocycles. The zero-order valence-corrected chi connectivity index (χ0v) is 13.3. The molecule has 4 N–H and O–H groups in total. The van der Waals surface area contributed by atoms with Gasteiger partial charge in [0.2, 0.25) is 0 Å². The second kappa shape index (κ2) is 10.6. The van der Waals surface area contributed by atoms with Crippen LogP contribution < -0.4 is 10.6 Å². The molecule has 1 aromatic rings. The molecule has 0 saturated carbocycles. The normalized spacial score (nSPS) is 19.5. The van der Waals surface area contributed by atoms with E-state index in [-0.39, 0.29) is 5.75 Å². The van der Waals surface area contributed by atoms with Crippen molar-refractivity contribution in [3.05, 3.63) is 29.8 Å². The molecule has 0 amide bonds. The first-order valence-electron chi connectivity index (χ1n) is 8.04. The van der Waals surface area contributed by atoms with Crippen LogP contribution in [0.3, 0.4) is 0 Å². The Morgan fingerprint density at radius 3 is 2.48 bits per heavy atom. The Morgan fingerprint density at radius 1 is 1.29 bits per heavy atom. The topological polar surface area (TPSA) is 64.5 Å². The van der Waals surface area contributed by atoms with Crippen LogP contribution in [-0.2, 0) is 0 Å². The molecule has 0 spiro atoms. The van der Waals surface area contributed by atoms with Gasteiger partial charge >= 0.3 is 0 Å². The van der Waals surface area contributed by atoms with Crippen molar-refractivity contribution in [1.29, 1.82) is 0 Å². The van der Waals surface area contributed by atoms with Gasteiger partial charge in [0.25, 0.3) is 0 Å². The summed E-state index contributed by atoms with van der Waals surface area (Å²) in [5.41, 5.74) is 0.825. The van der Waals surface area contributed by atoms with E-state index in [2.05, 4.69) is 24.5 Å². The molecule has 1 fully saturated rings. The molecule has 2 rings (SSSR count). The highest BCUT2D eigenvalue weighted by atomic mass is 16.3. The zero-order valence-electron chi connectivity index (χ0n) is 13.3. The number of benzene rings is 1. The lowest BCUT2D eigenvalue weighted by Gasteiger charge is -2.18. The summed E-state index contributed by atoms with van der Waals surface area (Å²) in [7, 11) is 0. The Morgan fingerprint density at radius 2 is 2.00 bits per heavy atom. The highest BCUT2D eigenvalue weighted by Gasteiger charge is 2.06. The van der Waals surface area contributed by atoms with Crippen LogP contribution in [0, 0.1) is 0 Å².